The van der Waals surface area contributed by atoms with Crippen molar-refractivity contribution in [3.63, 3.8) is 0 Å². The van der Waals surface area contributed by atoms with Crippen molar-refractivity contribution in [2.24, 2.45) is 0 Å². The average Bonchev–Trinajstić information content (AvgIpc) is 3.34. The molecule has 172 valence electrons. The van der Waals surface area contributed by atoms with Gasteiger partial charge in [-0.3, -0.25) is 4.40 Å². The molecule has 4 aromatic rings. The second kappa shape index (κ2) is 6.34. The van der Waals surface area contributed by atoms with Crippen LogP contribution < -0.4 is 0 Å². The molecule has 0 aliphatic carbocycles. The number of imidazole rings is 1. The molecule has 0 bridgehead atoms. The molecule has 1 atom stereocenters. The van der Waals surface area contributed by atoms with E-state index in [0.717, 1.165) is 39.8 Å². The van der Waals surface area contributed by atoms with Gasteiger partial charge in [0, 0.05) is 10.8 Å². The van der Waals surface area contributed by atoms with E-state index in [-0.39, 0.29) is 22.7 Å². The van der Waals surface area contributed by atoms with Crippen molar-refractivity contribution in [2.45, 2.75) is 91.1 Å². The largest absolute Gasteiger partial charge is 0.369 e. The molecule has 1 unspecified atom stereocenters. The van der Waals surface area contributed by atoms with Crippen LogP contribution in [0.2, 0.25) is 0 Å². The summed E-state index contributed by atoms with van der Waals surface area (Å²) in [4.78, 5) is 10.4. The fourth-order valence-electron chi connectivity index (χ4n) is 5.89. The zero-order chi connectivity index (χ0) is 23.5. The maximum atomic E-state index is 6.43. The molecule has 0 saturated heterocycles. The van der Waals surface area contributed by atoms with Crippen LogP contribution in [0, 0.1) is 0 Å². The monoisotopic (exact) mass is 443 g/mol. The fourth-order valence-corrected chi connectivity index (χ4v) is 5.89. The number of benzene rings is 2. The van der Waals surface area contributed by atoms with Crippen molar-refractivity contribution in [1.29, 1.82) is 0 Å². The predicted molar refractivity (Wildman–Crippen MR) is 132 cm³/mol. The summed E-state index contributed by atoms with van der Waals surface area (Å²) in [6, 6.07) is 9.01. The van der Waals surface area contributed by atoms with E-state index < -0.39 is 0 Å². The lowest BCUT2D eigenvalue weighted by atomic mass is 9.90. The Balaban J connectivity index is 1.75. The third-order valence-corrected chi connectivity index (χ3v) is 7.37. The predicted octanol–water partition coefficient (Wildman–Crippen LogP) is 6.81. The zero-order valence-electron chi connectivity index (χ0n) is 21.0. The van der Waals surface area contributed by atoms with Gasteiger partial charge in [0.2, 0.25) is 0 Å². The minimum Gasteiger partial charge on any atom is -0.369 e. The van der Waals surface area contributed by atoms with E-state index in [9.17, 15) is 0 Å². The molecule has 0 saturated carbocycles. The first-order chi connectivity index (χ1) is 15.4. The van der Waals surface area contributed by atoms with Gasteiger partial charge in [-0.2, -0.15) is 0 Å². The second-order valence-corrected chi connectivity index (χ2v) is 11.7. The van der Waals surface area contributed by atoms with Gasteiger partial charge in [-0.05, 0) is 80.6 Å². The molecule has 2 aromatic carbocycles. The molecule has 6 rings (SSSR count). The van der Waals surface area contributed by atoms with E-state index in [0.29, 0.717) is 6.61 Å². The van der Waals surface area contributed by atoms with Gasteiger partial charge in [0.1, 0.15) is 11.5 Å². The molecule has 33 heavy (non-hydrogen) atoms. The van der Waals surface area contributed by atoms with Crippen molar-refractivity contribution in [3.05, 3.63) is 52.3 Å². The minimum atomic E-state index is -0.351. The van der Waals surface area contributed by atoms with Gasteiger partial charge < -0.3 is 9.47 Å². The van der Waals surface area contributed by atoms with E-state index in [1.165, 1.54) is 22.3 Å². The summed E-state index contributed by atoms with van der Waals surface area (Å²) in [5.41, 5.74) is 8.21. The standard InChI is InChI=1S/C28H33N3O2/c1-9-23-16-11-20-17(10-15(16)14-32-23)24-29-21-12-18-19(28(7,8)33-27(18,5)6)13-22(21)31(24)25(30-20)26(2,3)4/h10-13,23H,9,14H2,1-8H3. The Bertz CT molecular complexity index is 1470. The zero-order valence-corrected chi connectivity index (χ0v) is 21.0. The van der Waals surface area contributed by atoms with Crippen LogP contribution in [0.15, 0.2) is 24.3 Å². The van der Waals surface area contributed by atoms with Crippen LogP contribution in [0.5, 0.6) is 0 Å². The summed E-state index contributed by atoms with van der Waals surface area (Å²) in [6.07, 6.45) is 1.13. The molecule has 0 radical (unpaired) electrons. The van der Waals surface area contributed by atoms with Crippen LogP contribution in [0.1, 0.15) is 96.0 Å². The molecule has 0 fully saturated rings. The summed E-state index contributed by atoms with van der Waals surface area (Å²) < 4.78 is 14.8. The van der Waals surface area contributed by atoms with Gasteiger partial charge in [-0.25, -0.2) is 9.97 Å². The van der Waals surface area contributed by atoms with E-state index >= 15 is 0 Å². The van der Waals surface area contributed by atoms with Crippen molar-refractivity contribution in [2.75, 3.05) is 0 Å². The van der Waals surface area contributed by atoms with Crippen molar-refractivity contribution in [1.82, 2.24) is 14.4 Å². The molecular formula is C28H33N3O2. The Morgan fingerprint density at radius 1 is 0.970 bits per heavy atom. The first-order valence-corrected chi connectivity index (χ1v) is 12.1. The molecule has 5 heteroatoms. The summed E-state index contributed by atoms with van der Waals surface area (Å²) in [5, 5.41) is 1.09. The molecule has 0 spiro atoms. The Morgan fingerprint density at radius 3 is 2.33 bits per heavy atom. The number of hydrogen-bond donors (Lipinski definition) is 0. The van der Waals surface area contributed by atoms with Gasteiger partial charge in [-0.1, -0.05) is 27.7 Å². The molecule has 5 nitrogen and oxygen atoms in total. The first-order valence-electron chi connectivity index (χ1n) is 12.1. The van der Waals surface area contributed by atoms with Gasteiger partial charge in [-0.15, -0.1) is 0 Å². The van der Waals surface area contributed by atoms with Crippen LogP contribution in [-0.2, 0) is 32.7 Å². The van der Waals surface area contributed by atoms with Gasteiger partial charge in [0.25, 0.3) is 0 Å². The van der Waals surface area contributed by atoms with Crippen molar-refractivity contribution in [3.8, 4) is 0 Å². The van der Waals surface area contributed by atoms with E-state index in [4.69, 9.17) is 19.4 Å². The van der Waals surface area contributed by atoms with Crippen LogP contribution in [-0.4, -0.2) is 14.4 Å². The van der Waals surface area contributed by atoms with Crippen LogP contribution in [0.25, 0.3) is 27.6 Å². The topological polar surface area (TPSA) is 48.7 Å². The van der Waals surface area contributed by atoms with E-state index in [1.54, 1.807) is 0 Å². The number of nitrogens with zero attached hydrogens (tertiary/aromatic N) is 3. The minimum absolute atomic E-state index is 0.149. The first kappa shape index (κ1) is 21.1. The van der Waals surface area contributed by atoms with E-state index in [2.05, 4.69) is 84.1 Å². The lowest BCUT2D eigenvalue weighted by Crippen LogP contribution is -2.22. The van der Waals surface area contributed by atoms with Crippen molar-refractivity contribution >= 4 is 27.6 Å². The normalized spacial score (nSPS) is 21.3. The number of hydrogen-bond acceptors (Lipinski definition) is 4. The number of ether oxygens (including phenoxy) is 2. The number of fused-ring (bicyclic) bond motifs is 7. The Labute approximate surface area is 195 Å². The highest BCUT2D eigenvalue weighted by atomic mass is 16.5. The third kappa shape index (κ3) is 2.85. The second-order valence-electron chi connectivity index (χ2n) is 11.7. The summed E-state index contributed by atoms with van der Waals surface area (Å²) in [7, 11) is 0. The summed E-state index contributed by atoms with van der Waals surface area (Å²) >= 11 is 0. The van der Waals surface area contributed by atoms with Crippen LogP contribution >= 0.6 is 0 Å². The molecular weight excluding hydrogens is 410 g/mol. The average molecular weight is 444 g/mol. The Morgan fingerprint density at radius 2 is 1.67 bits per heavy atom. The maximum absolute atomic E-state index is 6.43. The Kier molecular flexibility index (Phi) is 4.04. The molecule has 0 N–H and O–H groups in total. The van der Waals surface area contributed by atoms with E-state index in [1.807, 2.05) is 0 Å². The number of rotatable bonds is 1. The molecule has 2 aromatic heterocycles. The highest BCUT2D eigenvalue weighted by molar-refractivity contribution is 5.98. The van der Waals surface area contributed by atoms with Gasteiger partial charge in [0.05, 0.1) is 40.5 Å². The molecule has 0 amide bonds. The lowest BCUT2D eigenvalue weighted by molar-refractivity contribution is -0.105. The Hall–Kier alpha value is -2.50. The van der Waals surface area contributed by atoms with Crippen LogP contribution in [0.3, 0.4) is 0 Å². The SMILES string of the molecule is CCC1OCc2cc3c(cc21)nc(C(C)(C)C)n1c2cc4c(cc2nc31)C(C)(C)OC4(C)C. The maximum Gasteiger partial charge on any atom is 0.148 e. The van der Waals surface area contributed by atoms with Gasteiger partial charge in [0.15, 0.2) is 0 Å². The summed E-state index contributed by atoms with van der Waals surface area (Å²) in [6.45, 7) is 18.1. The lowest BCUT2D eigenvalue weighted by Gasteiger charge is -2.24. The fraction of sp³-hybridized carbons (Fsp3) is 0.500. The molecule has 2 aliphatic rings. The van der Waals surface area contributed by atoms with Crippen LogP contribution in [0.4, 0.5) is 0 Å². The molecule has 2 aliphatic heterocycles. The third-order valence-electron chi connectivity index (χ3n) is 7.37. The van der Waals surface area contributed by atoms with Gasteiger partial charge >= 0.3 is 0 Å². The quantitative estimate of drug-likeness (QED) is 0.324. The smallest absolute Gasteiger partial charge is 0.148 e. The highest BCUT2D eigenvalue weighted by Gasteiger charge is 2.43. The number of aromatic nitrogens is 3. The van der Waals surface area contributed by atoms with Crippen molar-refractivity contribution < 1.29 is 9.47 Å². The summed E-state index contributed by atoms with van der Waals surface area (Å²) in [5.74, 6) is 1.02. The highest BCUT2D eigenvalue weighted by Crippen LogP contribution is 2.48. The molecule has 4 heterocycles.